The Morgan fingerprint density at radius 1 is 0.921 bits per heavy atom. The number of sulfonamides is 1. The number of carbonyl (C=O) groups is 1. The van der Waals surface area contributed by atoms with Gasteiger partial charge in [0.15, 0.2) is 5.13 Å². The quantitative estimate of drug-likeness (QED) is 0.284. The number of nitrogens with zero attached hydrogens (tertiary/aromatic N) is 4. The van der Waals surface area contributed by atoms with Crippen LogP contribution in [0.1, 0.15) is 10.4 Å². The number of likely N-dealkylation sites (N-methyl/N-ethyl adjacent to an activating group) is 1. The van der Waals surface area contributed by atoms with Gasteiger partial charge in [0.05, 0.1) is 35.4 Å². The molecule has 0 unspecified atom stereocenters. The number of ether oxygens (including phenoxy) is 3. The summed E-state index contributed by atoms with van der Waals surface area (Å²) >= 11 is 1.41. The second-order valence-electron chi connectivity index (χ2n) is 8.50. The van der Waals surface area contributed by atoms with E-state index in [1.807, 2.05) is 37.2 Å². The molecule has 0 radical (unpaired) electrons. The van der Waals surface area contributed by atoms with Gasteiger partial charge in [-0.1, -0.05) is 11.3 Å². The van der Waals surface area contributed by atoms with E-state index in [2.05, 4.69) is 4.98 Å². The van der Waals surface area contributed by atoms with Crippen molar-refractivity contribution in [3.05, 3.63) is 48.0 Å². The smallest absolute Gasteiger partial charge is 0.260 e. The number of hydrogen-bond acceptors (Lipinski definition) is 9. The highest BCUT2D eigenvalue weighted by atomic mass is 35.5. The molecule has 2 aromatic carbocycles. The number of aromatic nitrogens is 1. The van der Waals surface area contributed by atoms with Crippen molar-refractivity contribution < 1.29 is 27.4 Å². The molecule has 0 fully saturated rings. The van der Waals surface area contributed by atoms with Gasteiger partial charge in [0.2, 0.25) is 10.0 Å². The molecule has 1 aromatic heterocycles. The monoisotopic (exact) mass is 586 g/mol. The summed E-state index contributed by atoms with van der Waals surface area (Å²) in [5, 5.41) is 0.567. The van der Waals surface area contributed by atoms with Crippen LogP contribution in [0, 0.1) is 0 Å². The first kappa shape index (κ1) is 31.9. The lowest BCUT2D eigenvalue weighted by molar-refractivity contribution is 0.0985. The SMILES string of the molecule is COCCN(CCOC)S(=O)(=O)c1ccc(C(=O)N(CCN(C)C)c2nc3ccc(OC)cc3s2)cc1.Cl. The van der Waals surface area contributed by atoms with Crippen molar-refractivity contribution in [3.63, 3.8) is 0 Å². The third kappa shape index (κ3) is 7.85. The summed E-state index contributed by atoms with van der Waals surface area (Å²) in [6.45, 7) is 1.96. The van der Waals surface area contributed by atoms with Crippen LogP contribution in [-0.2, 0) is 19.5 Å². The molecule has 0 saturated carbocycles. The van der Waals surface area contributed by atoms with Crippen LogP contribution >= 0.6 is 23.7 Å². The predicted molar refractivity (Wildman–Crippen MR) is 153 cm³/mol. The maximum absolute atomic E-state index is 13.6. The fourth-order valence-electron chi connectivity index (χ4n) is 3.53. The van der Waals surface area contributed by atoms with Gasteiger partial charge in [-0.25, -0.2) is 13.4 Å². The first-order valence-electron chi connectivity index (χ1n) is 11.7. The Kier molecular flexibility index (Phi) is 12.4. The number of benzene rings is 2. The van der Waals surface area contributed by atoms with Crippen molar-refractivity contribution in [1.29, 1.82) is 0 Å². The molecule has 210 valence electrons. The number of thiazole rings is 1. The molecule has 0 atom stereocenters. The summed E-state index contributed by atoms with van der Waals surface area (Å²) in [5.74, 6) is 0.461. The minimum absolute atomic E-state index is 0. The highest BCUT2D eigenvalue weighted by Gasteiger charge is 2.26. The van der Waals surface area contributed by atoms with Crippen LogP contribution in [-0.4, -0.2) is 103 Å². The zero-order chi connectivity index (χ0) is 27.0. The zero-order valence-electron chi connectivity index (χ0n) is 22.2. The standard InChI is InChI=1S/C25H34N4O6S2.ClH/c1-27(2)12-13-29(25-26-22-11-8-20(35-5)18-23(22)36-25)24(30)19-6-9-21(10-7-19)37(31,32)28(14-16-33-3)15-17-34-4;/h6-11,18H,12-17H2,1-5H3;1H. The van der Waals surface area contributed by atoms with Crippen LogP contribution in [0.5, 0.6) is 5.75 Å². The molecule has 1 heterocycles. The van der Waals surface area contributed by atoms with Crippen molar-refractivity contribution in [2.75, 3.05) is 79.7 Å². The Morgan fingerprint density at radius 2 is 1.55 bits per heavy atom. The summed E-state index contributed by atoms with van der Waals surface area (Å²) in [6, 6.07) is 11.6. The third-order valence-corrected chi connectivity index (χ3v) is 8.61. The van der Waals surface area contributed by atoms with Crippen LogP contribution in [0.4, 0.5) is 5.13 Å². The Hall–Kier alpha value is -2.32. The Morgan fingerprint density at radius 3 is 2.11 bits per heavy atom. The second-order valence-corrected chi connectivity index (χ2v) is 11.5. The maximum atomic E-state index is 13.6. The van der Waals surface area contributed by atoms with Gasteiger partial charge >= 0.3 is 0 Å². The molecule has 13 heteroatoms. The number of rotatable bonds is 14. The average molecular weight is 587 g/mol. The van der Waals surface area contributed by atoms with Gasteiger partial charge in [0.25, 0.3) is 5.91 Å². The van der Waals surface area contributed by atoms with E-state index in [0.29, 0.717) is 23.8 Å². The number of fused-ring (bicyclic) bond motifs is 1. The van der Waals surface area contributed by atoms with Gasteiger partial charge in [-0.2, -0.15) is 4.31 Å². The Bertz CT molecular complexity index is 1280. The topological polar surface area (TPSA) is 102 Å². The molecular formula is C25H35ClN4O6S2. The normalized spacial score (nSPS) is 11.7. The molecule has 0 aliphatic heterocycles. The highest BCUT2D eigenvalue weighted by Crippen LogP contribution is 2.32. The lowest BCUT2D eigenvalue weighted by atomic mass is 10.2. The number of amides is 1. The van der Waals surface area contributed by atoms with Crippen LogP contribution < -0.4 is 9.64 Å². The van der Waals surface area contributed by atoms with E-state index in [1.165, 1.54) is 42.0 Å². The molecule has 0 aliphatic carbocycles. The van der Waals surface area contributed by atoms with E-state index in [1.54, 1.807) is 24.1 Å². The van der Waals surface area contributed by atoms with Gasteiger partial charge in [-0.3, -0.25) is 9.69 Å². The highest BCUT2D eigenvalue weighted by molar-refractivity contribution is 7.89. The van der Waals surface area contributed by atoms with E-state index < -0.39 is 10.0 Å². The molecular weight excluding hydrogens is 552 g/mol. The minimum atomic E-state index is -3.79. The van der Waals surface area contributed by atoms with Crippen molar-refractivity contribution in [3.8, 4) is 5.75 Å². The van der Waals surface area contributed by atoms with Crippen LogP contribution in [0.25, 0.3) is 10.2 Å². The number of halogens is 1. The summed E-state index contributed by atoms with van der Waals surface area (Å²) in [5.41, 5.74) is 1.15. The van der Waals surface area contributed by atoms with Crippen molar-refractivity contribution >= 4 is 55.0 Å². The molecule has 0 N–H and O–H groups in total. The van der Waals surface area contributed by atoms with Crippen molar-refractivity contribution in [1.82, 2.24) is 14.2 Å². The molecule has 0 aliphatic rings. The largest absolute Gasteiger partial charge is 0.497 e. The first-order chi connectivity index (χ1) is 17.7. The minimum Gasteiger partial charge on any atom is -0.497 e. The van der Waals surface area contributed by atoms with Gasteiger partial charge in [-0.05, 0) is 56.6 Å². The lowest BCUT2D eigenvalue weighted by Crippen LogP contribution is -2.37. The molecule has 3 rings (SSSR count). The molecule has 10 nitrogen and oxygen atoms in total. The molecule has 1 amide bonds. The molecule has 0 spiro atoms. The van der Waals surface area contributed by atoms with Crippen molar-refractivity contribution in [2.45, 2.75) is 4.90 Å². The average Bonchev–Trinajstić information content (AvgIpc) is 3.31. The predicted octanol–water partition coefficient (Wildman–Crippen LogP) is 3.22. The van der Waals surface area contributed by atoms with E-state index in [4.69, 9.17) is 14.2 Å². The maximum Gasteiger partial charge on any atom is 0.260 e. The van der Waals surface area contributed by atoms with Crippen molar-refractivity contribution in [2.24, 2.45) is 0 Å². The summed E-state index contributed by atoms with van der Waals surface area (Å²) < 4.78 is 44.1. The van der Waals surface area contributed by atoms with E-state index in [0.717, 1.165) is 16.0 Å². The summed E-state index contributed by atoms with van der Waals surface area (Å²) in [4.78, 5) is 22.0. The van der Waals surface area contributed by atoms with Gasteiger partial charge in [0.1, 0.15) is 5.75 Å². The summed E-state index contributed by atoms with van der Waals surface area (Å²) in [7, 11) is 4.73. The fourth-order valence-corrected chi connectivity index (χ4v) is 5.96. The number of hydrogen-bond donors (Lipinski definition) is 0. The van der Waals surface area contributed by atoms with E-state index >= 15 is 0 Å². The Balaban J connectivity index is 0.00000507. The second kappa shape index (κ2) is 14.7. The number of anilines is 1. The van der Waals surface area contributed by atoms with E-state index in [-0.39, 0.29) is 49.5 Å². The third-order valence-electron chi connectivity index (χ3n) is 5.66. The molecule has 38 heavy (non-hydrogen) atoms. The van der Waals surface area contributed by atoms with E-state index in [9.17, 15) is 13.2 Å². The Labute approximate surface area is 234 Å². The summed E-state index contributed by atoms with van der Waals surface area (Å²) in [6.07, 6.45) is 0. The van der Waals surface area contributed by atoms with Crippen LogP contribution in [0.15, 0.2) is 47.4 Å². The van der Waals surface area contributed by atoms with Gasteiger partial charge in [-0.15, -0.1) is 12.4 Å². The molecule has 0 saturated heterocycles. The number of methoxy groups -OCH3 is 3. The lowest BCUT2D eigenvalue weighted by Gasteiger charge is -2.23. The van der Waals surface area contributed by atoms with Crippen LogP contribution in [0.2, 0.25) is 0 Å². The molecule has 3 aromatic rings. The zero-order valence-corrected chi connectivity index (χ0v) is 24.7. The number of carbonyl (C=O) groups excluding carboxylic acids is 1. The van der Waals surface area contributed by atoms with Gasteiger partial charge in [0, 0.05) is 46.0 Å². The molecule has 0 bridgehead atoms. The van der Waals surface area contributed by atoms with Crippen LogP contribution in [0.3, 0.4) is 0 Å². The van der Waals surface area contributed by atoms with Gasteiger partial charge < -0.3 is 19.1 Å². The fraction of sp³-hybridized carbons (Fsp3) is 0.440. The first-order valence-corrected chi connectivity index (χ1v) is 14.0.